The van der Waals surface area contributed by atoms with Crippen LogP contribution in [0.25, 0.3) is 10.9 Å². The van der Waals surface area contributed by atoms with Gasteiger partial charge in [0.15, 0.2) is 0 Å². The van der Waals surface area contributed by atoms with Crippen LogP contribution in [0.1, 0.15) is 19.8 Å². The van der Waals surface area contributed by atoms with E-state index in [1.165, 1.54) is 0 Å². The molecule has 0 aliphatic carbocycles. The summed E-state index contributed by atoms with van der Waals surface area (Å²) in [6, 6.07) is 7.96. The van der Waals surface area contributed by atoms with Crippen molar-refractivity contribution in [3.05, 3.63) is 30.5 Å². The Morgan fingerprint density at radius 2 is 2.32 bits per heavy atom. The molecule has 1 fully saturated rings. The van der Waals surface area contributed by atoms with Gasteiger partial charge in [-0.2, -0.15) is 0 Å². The van der Waals surface area contributed by atoms with Crippen molar-refractivity contribution in [1.29, 1.82) is 0 Å². The van der Waals surface area contributed by atoms with E-state index in [1.807, 2.05) is 24.4 Å². The molecule has 1 aromatic carbocycles. The number of ether oxygens (including phenoxy) is 3. The standard InChI is InChI=1S/C19H26N2O4/c1-14(25-13-17-4-3-10-24-17)19(22)20-16-6-5-15-7-8-21(9-11-23-2)18(15)12-16/h5-8,12,14,17H,3-4,9-11,13H2,1-2H3,(H,20,22)/t14-,17+/m0/s1. The molecule has 2 heterocycles. The Morgan fingerprint density at radius 1 is 1.44 bits per heavy atom. The molecule has 0 unspecified atom stereocenters. The molecule has 0 radical (unpaired) electrons. The molecule has 2 atom stereocenters. The number of fused-ring (bicyclic) bond motifs is 1. The number of anilines is 1. The van der Waals surface area contributed by atoms with E-state index in [0.717, 1.165) is 42.6 Å². The zero-order valence-corrected chi connectivity index (χ0v) is 14.9. The number of nitrogens with one attached hydrogen (secondary N) is 1. The number of hydrogen-bond acceptors (Lipinski definition) is 4. The van der Waals surface area contributed by atoms with Crippen molar-refractivity contribution in [2.75, 3.05) is 32.2 Å². The maximum Gasteiger partial charge on any atom is 0.253 e. The number of hydrogen-bond donors (Lipinski definition) is 1. The number of benzene rings is 1. The molecule has 3 rings (SSSR count). The van der Waals surface area contributed by atoms with E-state index >= 15 is 0 Å². The van der Waals surface area contributed by atoms with Gasteiger partial charge in [0, 0.05) is 32.1 Å². The lowest BCUT2D eigenvalue weighted by molar-refractivity contribution is -0.128. The predicted octanol–water partition coefficient (Wildman–Crippen LogP) is 2.81. The van der Waals surface area contributed by atoms with Crippen molar-refractivity contribution >= 4 is 22.5 Å². The van der Waals surface area contributed by atoms with Crippen molar-refractivity contribution in [2.45, 2.75) is 38.5 Å². The van der Waals surface area contributed by atoms with Crippen LogP contribution in [0.4, 0.5) is 5.69 Å². The molecule has 0 saturated carbocycles. The van der Waals surface area contributed by atoms with E-state index < -0.39 is 6.10 Å². The van der Waals surface area contributed by atoms with Gasteiger partial charge >= 0.3 is 0 Å². The molecule has 25 heavy (non-hydrogen) atoms. The van der Waals surface area contributed by atoms with Gasteiger partial charge in [-0.05, 0) is 43.4 Å². The van der Waals surface area contributed by atoms with Gasteiger partial charge < -0.3 is 24.1 Å². The average molecular weight is 346 g/mol. The zero-order valence-electron chi connectivity index (χ0n) is 14.9. The molecule has 1 aromatic heterocycles. The number of methoxy groups -OCH3 is 1. The fraction of sp³-hybridized carbons (Fsp3) is 0.526. The first-order chi connectivity index (χ1) is 12.2. The highest BCUT2D eigenvalue weighted by atomic mass is 16.5. The lowest BCUT2D eigenvalue weighted by Gasteiger charge is -2.16. The zero-order chi connectivity index (χ0) is 17.6. The van der Waals surface area contributed by atoms with E-state index in [1.54, 1.807) is 14.0 Å². The van der Waals surface area contributed by atoms with Crippen molar-refractivity contribution in [3.63, 3.8) is 0 Å². The Bertz CT molecular complexity index is 707. The first-order valence-electron chi connectivity index (χ1n) is 8.79. The Kier molecular flexibility index (Phi) is 6.07. The van der Waals surface area contributed by atoms with Crippen LogP contribution < -0.4 is 5.32 Å². The van der Waals surface area contributed by atoms with Crippen LogP contribution >= 0.6 is 0 Å². The number of amides is 1. The van der Waals surface area contributed by atoms with Gasteiger partial charge in [-0.3, -0.25) is 4.79 Å². The minimum Gasteiger partial charge on any atom is -0.383 e. The molecule has 0 bridgehead atoms. The molecule has 0 spiro atoms. The quantitative estimate of drug-likeness (QED) is 0.798. The fourth-order valence-electron chi connectivity index (χ4n) is 2.99. The number of aromatic nitrogens is 1. The van der Waals surface area contributed by atoms with Gasteiger partial charge in [-0.1, -0.05) is 6.07 Å². The Morgan fingerprint density at radius 3 is 3.08 bits per heavy atom. The average Bonchev–Trinajstić information content (AvgIpc) is 3.27. The van der Waals surface area contributed by atoms with Crippen molar-refractivity contribution in [1.82, 2.24) is 4.57 Å². The van der Waals surface area contributed by atoms with E-state index in [0.29, 0.717) is 13.2 Å². The minimum absolute atomic E-state index is 0.121. The molecule has 6 heteroatoms. The molecular formula is C19H26N2O4. The van der Waals surface area contributed by atoms with E-state index in [4.69, 9.17) is 14.2 Å². The molecule has 136 valence electrons. The van der Waals surface area contributed by atoms with Gasteiger partial charge in [-0.15, -0.1) is 0 Å². The molecule has 2 aromatic rings. The second-order valence-electron chi connectivity index (χ2n) is 6.38. The number of carbonyl (C=O) groups is 1. The molecule has 6 nitrogen and oxygen atoms in total. The molecule has 1 aliphatic rings. The highest BCUT2D eigenvalue weighted by Gasteiger charge is 2.20. The van der Waals surface area contributed by atoms with Crippen molar-refractivity contribution in [3.8, 4) is 0 Å². The Hall–Kier alpha value is -1.89. The summed E-state index contributed by atoms with van der Waals surface area (Å²) >= 11 is 0. The third kappa shape index (κ3) is 4.60. The first-order valence-corrected chi connectivity index (χ1v) is 8.79. The van der Waals surface area contributed by atoms with E-state index in [9.17, 15) is 4.79 Å². The van der Waals surface area contributed by atoms with Crippen molar-refractivity contribution in [2.24, 2.45) is 0 Å². The van der Waals surface area contributed by atoms with Gasteiger partial charge in [0.05, 0.1) is 24.8 Å². The second kappa shape index (κ2) is 8.47. The summed E-state index contributed by atoms with van der Waals surface area (Å²) in [5.74, 6) is -0.146. The SMILES string of the molecule is COCCn1ccc2ccc(NC(=O)[C@H](C)OC[C@H]3CCCO3)cc21. The fourth-order valence-corrected chi connectivity index (χ4v) is 2.99. The van der Waals surface area contributed by atoms with Gasteiger partial charge in [0.2, 0.25) is 0 Å². The summed E-state index contributed by atoms with van der Waals surface area (Å²) in [5, 5.41) is 4.07. The summed E-state index contributed by atoms with van der Waals surface area (Å²) < 4.78 is 18.4. The summed E-state index contributed by atoms with van der Waals surface area (Å²) in [7, 11) is 1.69. The molecule has 1 N–H and O–H groups in total. The summed E-state index contributed by atoms with van der Waals surface area (Å²) in [4.78, 5) is 12.3. The smallest absolute Gasteiger partial charge is 0.253 e. The van der Waals surface area contributed by atoms with Crippen molar-refractivity contribution < 1.29 is 19.0 Å². The number of nitrogens with zero attached hydrogens (tertiary/aromatic N) is 1. The van der Waals surface area contributed by atoms with Crippen LogP contribution in [0.15, 0.2) is 30.5 Å². The normalized spacial score (nSPS) is 18.6. The van der Waals surface area contributed by atoms with Crippen LogP contribution in [-0.2, 0) is 25.5 Å². The topological polar surface area (TPSA) is 61.7 Å². The lowest BCUT2D eigenvalue weighted by Crippen LogP contribution is -2.30. The third-order valence-electron chi connectivity index (χ3n) is 4.50. The molecule has 1 saturated heterocycles. The number of carbonyl (C=O) groups excluding carboxylic acids is 1. The third-order valence-corrected chi connectivity index (χ3v) is 4.50. The van der Waals surface area contributed by atoms with Crippen LogP contribution in [-0.4, -0.2) is 49.6 Å². The van der Waals surface area contributed by atoms with E-state index in [-0.39, 0.29) is 12.0 Å². The minimum atomic E-state index is -0.514. The summed E-state index contributed by atoms with van der Waals surface area (Å²) in [6.07, 6.45) is 3.71. The highest BCUT2D eigenvalue weighted by Crippen LogP contribution is 2.21. The van der Waals surface area contributed by atoms with Crippen LogP contribution in [0.3, 0.4) is 0 Å². The van der Waals surface area contributed by atoms with Gasteiger partial charge in [0.25, 0.3) is 5.91 Å². The monoisotopic (exact) mass is 346 g/mol. The largest absolute Gasteiger partial charge is 0.383 e. The van der Waals surface area contributed by atoms with Gasteiger partial charge in [-0.25, -0.2) is 0 Å². The highest BCUT2D eigenvalue weighted by molar-refractivity contribution is 5.96. The molecule has 1 aliphatic heterocycles. The second-order valence-corrected chi connectivity index (χ2v) is 6.38. The van der Waals surface area contributed by atoms with Crippen LogP contribution in [0.5, 0.6) is 0 Å². The maximum atomic E-state index is 12.3. The van der Waals surface area contributed by atoms with Crippen LogP contribution in [0.2, 0.25) is 0 Å². The number of rotatable bonds is 8. The summed E-state index contributed by atoms with van der Waals surface area (Å²) in [6.45, 7) is 4.45. The Balaban J connectivity index is 1.59. The molecular weight excluding hydrogens is 320 g/mol. The van der Waals surface area contributed by atoms with Crippen LogP contribution in [0, 0.1) is 0 Å². The van der Waals surface area contributed by atoms with Gasteiger partial charge in [0.1, 0.15) is 6.10 Å². The Labute approximate surface area is 148 Å². The maximum absolute atomic E-state index is 12.3. The molecule has 1 amide bonds. The summed E-state index contributed by atoms with van der Waals surface area (Å²) in [5.41, 5.74) is 1.84. The van der Waals surface area contributed by atoms with E-state index in [2.05, 4.69) is 16.0 Å². The lowest BCUT2D eigenvalue weighted by atomic mass is 10.2. The predicted molar refractivity (Wildman–Crippen MR) is 96.8 cm³/mol. The first kappa shape index (κ1) is 17.9.